The molecule has 0 heterocycles. The Bertz CT molecular complexity index is 887. The van der Waals surface area contributed by atoms with Crippen LogP contribution in [-0.4, -0.2) is 20.4 Å². The maximum atomic E-state index is 12.5. The van der Waals surface area contributed by atoms with E-state index in [0.717, 1.165) is 24.0 Å². The molecule has 2 N–H and O–H groups in total. The molecular weight excluding hydrogens is 324 g/mol. The number of amides is 1. The van der Waals surface area contributed by atoms with Crippen LogP contribution in [0.2, 0.25) is 0 Å². The van der Waals surface area contributed by atoms with Crippen molar-refractivity contribution < 1.29 is 13.2 Å². The Labute approximate surface area is 142 Å². The highest BCUT2D eigenvalue weighted by atomic mass is 32.2. The zero-order chi connectivity index (χ0) is 17.3. The lowest BCUT2D eigenvalue weighted by atomic mass is 10.1. The van der Waals surface area contributed by atoms with Crippen LogP contribution in [0.5, 0.6) is 0 Å². The fourth-order valence-electron chi connectivity index (χ4n) is 2.32. The Hall–Kier alpha value is -2.34. The van der Waals surface area contributed by atoms with Crippen molar-refractivity contribution in [1.82, 2.24) is 5.32 Å². The van der Waals surface area contributed by atoms with E-state index in [1.807, 2.05) is 13.8 Å². The minimum Gasteiger partial charge on any atom is -0.349 e. The number of sulfonamides is 1. The molecule has 126 valence electrons. The minimum atomic E-state index is -3.69. The Morgan fingerprint density at radius 2 is 1.79 bits per heavy atom. The van der Waals surface area contributed by atoms with E-state index in [1.54, 1.807) is 42.5 Å². The standard InChI is InChI=1S/C18H20N2O3S/c1-12-6-9-17(10-13(12)2)24(22,23)20-16-5-3-4-14(11-16)18(21)19-15-7-8-15/h3-6,9-11,15,20H,7-8H2,1-2H3,(H,19,21). The molecule has 0 saturated heterocycles. The van der Waals surface area contributed by atoms with Gasteiger partial charge in [-0.1, -0.05) is 12.1 Å². The van der Waals surface area contributed by atoms with Crippen molar-refractivity contribution in [2.24, 2.45) is 0 Å². The number of nitrogens with one attached hydrogen (secondary N) is 2. The maximum Gasteiger partial charge on any atom is 0.261 e. The lowest BCUT2D eigenvalue weighted by molar-refractivity contribution is 0.0951. The predicted octanol–water partition coefficient (Wildman–Crippen LogP) is 3.00. The van der Waals surface area contributed by atoms with Gasteiger partial charge in [-0.3, -0.25) is 9.52 Å². The fraction of sp³-hybridized carbons (Fsp3) is 0.278. The molecule has 0 aliphatic heterocycles. The molecule has 2 aromatic carbocycles. The summed E-state index contributed by atoms with van der Waals surface area (Å²) in [4.78, 5) is 12.3. The van der Waals surface area contributed by atoms with Gasteiger partial charge in [-0.05, 0) is 68.1 Å². The lowest BCUT2D eigenvalue weighted by Gasteiger charge is -2.11. The third kappa shape index (κ3) is 3.76. The maximum absolute atomic E-state index is 12.5. The largest absolute Gasteiger partial charge is 0.349 e. The number of hydrogen-bond acceptors (Lipinski definition) is 3. The summed E-state index contributed by atoms with van der Waals surface area (Å²) in [6.45, 7) is 3.80. The van der Waals surface area contributed by atoms with E-state index in [4.69, 9.17) is 0 Å². The molecule has 3 rings (SSSR count). The van der Waals surface area contributed by atoms with E-state index in [9.17, 15) is 13.2 Å². The first-order valence-electron chi connectivity index (χ1n) is 7.86. The van der Waals surface area contributed by atoms with Gasteiger partial charge in [0.05, 0.1) is 4.90 Å². The highest BCUT2D eigenvalue weighted by Crippen LogP contribution is 2.21. The van der Waals surface area contributed by atoms with Gasteiger partial charge in [0.2, 0.25) is 0 Å². The van der Waals surface area contributed by atoms with Crippen molar-refractivity contribution in [3.63, 3.8) is 0 Å². The summed E-state index contributed by atoms with van der Waals surface area (Å²) in [7, 11) is -3.69. The molecule has 0 spiro atoms. The van der Waals surface area contributed by atoms with Crippen molar-refractivity contribution >= 4 is 21.6 Å². The van der Waals surface area contributed by atoms with E-state index in [1.165, 1.54) is 0 Å². The number of aryl methyl sites for hydroxylation is 2. The van der Waals surface area contributed by atoms with Gasteiger partial charge < -0.3 is 5.32 Å². The minimum absolute atomic E-state index is 0.176. The van der Waals surface area contributed by atoms with Crippen LogP contribution in [0.4, 0.5) is 5.69 Å². The average Bonchev–Trinajstić information content (AvgIpc) is 3.33. The van der Waals surface area contributed by atoms with E-state index < -0.39 is 10.0 Å². The zero-order valence-electron chi connectivity index (χ0n) is 13.7. The van der Waals surface area contributed by atoms with Gasteiger partial charge in [0, 0.05) is 17.3 Å². The highest BCUT2D eigenvalue weighted by Gasteiger charge is 2.24. The average molecular weight is 344 g/mol. The first-order chi connectivity index (χ1) is 11.3. The Balaban J connectivity index is 1.81. The van der Waals surface area contributed by atoms with Gasteiger partial charge in [0.15, 0.2) is 0 Å². The topological polar surface area (TPSA) is 75.3 Å². The second-order valence-corrected chi connectivity index (χ2v) is 7.86. The second kappa shape index (κ2) is 6.28. The quantitative estimate of drug-likeness (QED) is 0.875. The number of benzene rings is 2. The smallest absolute Gasteiger partial charge is 0.261 e. The van der Waals surface area contributed by atoms with Crippen LogP contribution in [-0.2, 0) is 10.0 Å². The number of hydrogen-bond donors (Lipinski definition) is 2. The molecule has 6 heteroatoms. The summed E-state index contributed by atoms with van der Waals surface area (Å²) in [5.74, 6) is -0.176. The number of rotatable bonds is 5. The van der Waals surface area contributed by atoms with Gasteiger partial charge in [-0.15, -0.1) is 0 Å². The van der Waals surface area contributed by atoms with Crippen LogP contribution in [0, 0.1) is 13.8 Å². The van der Waals surface area contributed by atoms with Crippen molar-refractivity contribution in [2.45, 2.75) is 37.6 Å². The molecule has 1 aliphatic carbocycles. The van der Waals surface area contributed by atoms with Crippen LogP contribution in [0.25, 0.3) is 0 Å². The number of carbonyl (C=O) groups is 1. The second-order valence-electron chi connectivity index (χ2n) is 6.18. The summed E-state index contributed by atoms with van der Waals surface area (Å²) in [6.07, 6.45) is 2.01. The first-order valence-corrected chi connectivity index (χ1v) is 9.34. The molecule has 2 aromatic rings. The van der Waals surface area contributed by atoms with Crippen molar-refractivity contribution in [3.05, 3.63) is 59.2 Å². The Morgan fingerprint density at radius 3 is 2.46 bits per heavy atom. The first kappa shape index (κ1) is 16.5. The summed E-state index contributed by atoms with van der Waals surface area (Å²) in [5, 5.41) is 2.89. The molecule has 1 fully saturated rings. The zero-order valence-corrected chi connectivity index (χ0v) is 14.5. The lowest BCUT2D eigenvalue weighted by Crippen LogP contribution is -2.25. The molecule has 24 heavy (non-hydrogen) atoms. The van der Waals surface area contributed by atoms with Gasteiger partial charge in [0.1, 0.15) is 0 Å². The number of carbonyl (C=O) groups excluding carboxylic acids is 1. The molecule has 1 amide bonds. The van der Waals surface area contributed by atoms with E-state index in [0.29, 0.717) is 11.3 Å². The molecule has 1 saturated carbocycles. The van der Waals surface area contributed by atoms with Gasteiger partial charge >= 0.3 is 0 Å². The van der Waals surface area contributed by atoms with Crippen molar-refractivity contribution in [1.29, 1.82) is 0 Å². The fourth-order valence-corrected chi connectivity index (χ4v) is 3.45. The molecule has 0 aromatic heterocycles. The molecule has 0 bridgehead atoms. The molecule has 1 aliphatic rings. The van der Waals surface area contributed by atoms with Crippen molar-refractivity contribution in [2.75, 3.05) is 4.72 Å². The van der Waals surface area contributed by atoms with Crippen LogP contribution < -0.4 is 10.0 Å². The summed E-state index contributed by atoms with van der Waals surface area (Å²) in [6, 6.07) is 11.8. The SMILES string of the molecule is Cc1ccc(S(=O)(=O)Nc2cccc(C(=O)NC3CC3)c2)cc1C. The van der Waals surface area contributed by atoms with Gasteiger partial charge in [-0.25, -0.2) is 8.42 Å². The molecule has 0 atom stereocenters. The molecule has 0 radical (unpaired) electrons. The number of anilines is 1. The molecule has 0 unspecified atom stereocenters. The van der Waals surface area contributed by atoms with E-state index in [2.05, 4.69) is 10.0 Å². The van der Waals surface area contributed by atoms with E-state index in [-0.39, 0.29) is 16.8 Å². The molecular formula is C18H20N2O3S. The van der Waals surface area contributed by atoms with Crippen LogP contribution >= 0.6 is 0 Å². The Morgan fingerprint density at radius 1 is 1.04 bits per heavy atom. The van der Waals surface area contributed by atoms with Crippen molar-refractivity contribution in [3.8, 4) is 0 Å². The summed E-state index contributed by atoms with van der Waals surface area (Å²) >= 11 is 0. The van der Waals surface area contributed by atoms with Crippen LogP contribution in [0.15, 0.2) is 47.4 Å². The predicted molar refractivity (Wildman–Crippen MR) is 93.7 cm³/mol. The summed E-state index contributed by atoms with van der Waals surface area (Å²) < 4.78 is 27.6. The van der Waals surface area contributed by atoms with Crippen LogP contribution in [0.1, 0.15) is 34.3 Å². The van der Waals surface area contributed by atoms with Gasteiger partial charge in [-0.2, -0.15) is 0 Å². The highest BCUT2D eigenvalue weighted by molar-refractivity contribution is 7.92. The monoisotopic (exact) mass is 344 g/mol. The third-order valence-corrected chi connectivity index (χ3v) is 5.46. The normalized spacial score (nSPS) is 14.2. The van der Waals surface area contributed by atoms with Gasteiger partial charge in [0.25, 0.3) is 15.9 Å². The van der Waals surface area contributed by atoms with E-state index >= 15 is 0 Å². The Kier molecular flexibility index (Phi) is 4.32. The van der Waals surface area contributed by atoms with Crippen LogP contribution in [0.3, 0.4) is 0 Å². The third-order valence-electron chi connectivity index (χ3n) is 4.08. The molecule has 5 nitrogen and oxygen atoms in total. The summed E-state index contributed by atoms with van der Waals surface area (Å²) in [5.41, 5.74) is 2.77.